The molecular weight excluding hydrogens is 304 g/mol. The van der Waals surface area contributed by atoms with Crippen LogP contribution in [0.15, 0.2) is 30.3 Å². The molecule has 0 radical (unpaired) electrons. The molecule has 0 aliphatic carbocycles. The van der Waals surface area contributed by atoms with Gasteiger partial charge in [0.1, 0.15) is 6.04 Å². The third-order valence-electron chi connectivity index (χ3n) is 3.70. The van der Waals surface area contributed by atoms with Crippen molar-refractivity contribution in [1.82, 2.24) is 10.2 Å². The second-order valence-corrected chi connectivity index (χ2v) is 6.33. The average Bonchev–Trinajstić information content (AvgIpc) is 2.57. The molecule has 0 aromatic heterocycles. The van der Waals surface area contributed by atoms with E-state index in [0.29, 0.717) is 38.5 Å². The van der Waals surface area contributed by atoms with E-state index >= 15 is 0 Å². The van der Waals surface area contributed by atoms with Gasteiger partial charge in [0, 0.05) is 33.0 Å². The molecule has 0 heterocycles. The monoisotopic (exact) mass is 334 g/mol. The smallest absolute Gasteiger partial charge is 0.245 e. The summed E-state index contributed by atoms with van der Waals surface area (Å²) in [7, 11) is 1.62. The number of hydrogen-bond acceptors (Lipinski definition) is 3. The summed E-state index contributed by atoms with van der Waals surface area (Å²) < 4.78 is 5.12. The molecule has 0 saturated heterocycles. The van der Waals surface area contributed by atoms with E-state index in [-0.39, 0.29) is 11.8 Å². The minimum atomic E-state index is -0.546. The maximum atomic E-state index is 13.0. The Morgan fingerprint density at radius 1 is 1.21 bits per heavy atom. The molecule has 0 aliphatic rings. The predicted octanol–water partition coefficient (Wildman–Crippen LogP) is 2.25. The Morgan fingerprint density at radius 2 is 1.88 bits per heavy atom. The molecule has 0 bridgehead atoms. The van der Waals surface area contributed by atoms with Gasteiger partial charge in [-0.25, -0.2) is 0 Å². The normalized spacial score (nSPS) is 12.0. The molecular formula is C19H30N2O3. The molecule has 0 fully saturated rings. The third kappa shape index (κ3) is 7.13. The highest BCUT2D eigenvalue weighted by atomic mass is 16.5. The minimum absolute atomic E-state index is 0.0496. The first-order chi connectivity index (χ1) is 11.5. The van der Waals surface area contributed by atoms with Crippen molar-refractivity contribution in [3.05, 3.63) is 35.9 Å². The van der Waals surface area contributed by atoms with Crippen molar-refractivity contribution < 1.29 is 14.3 Å². The number of amides is 2. The van der Waals surface area contributed by atoms with E-state index in [4.69, 9.17) is 4.74 Å². The minimum Gasteiger partial charge on any atom is -0.383 e. The molecule has 2 amide bonds. The van der Waals surface area contributed by atoms with E-state index in [9.17, 15) is 9.59 Å². The summed E-state index contributed by atoms with van der Waals surface area (Å²) in [6, 6.07) is 9.22. The highest BCUT2D eigenvalue weighted by Crippen LogP contribution is 2.09. The quantitative estimate of drug-likeness (QED) is 0.714. The van der Waals surface area contributed by atoms with E-state index in [2.05, 4.69) is 19.2 Å². The molecule has 0 unspecified atom stereocenters. The highest BCUT2D eigenvalue weighted by Gasteiger charge is 2.26. The highest BCUT2D eigenvalue weighted by molar-refractivity contribution is 5.87. The summed E-state index contributed by atoms with van der Waals surface area (Å²) in [6.45, 7) is 7.60. The number of methoxy groups -OCH3 is 1. The summed E-state index contributed by atoms with van der Waals surface area (Å²) in [5.41, 5.74) is 1.03. The van der Waals surface area contributed by atoms with Crippen LogP contribution < -0.4 is 5.32 Å². The van der Waals surface area contributed by atoms with Crippen LogP contribution in [-0.2, 0) is 20.7 Å². The molecule has 5 heteroatoms. The molecule has 1 aromatic carbocycles. The zero-order chi connectivity index (χ0) is 17.9. The van der Waals surface area contributed by atoms with E-state index in [1.807, 2.05) is 30.3 Å². The van der Waals surface area contributed by atoms with Crippen molar-refractivity contribution in [3.8, 4) is 0 Å². The van der Waals surface area contributed by atoms with Gasteiger partial charge in [-0.05, 0) is 11.5 Å². The van der Waals surface area contributed by atoms with Crippen molar-refractivity contribution in [2.24, 2.45) is 5.92 Å². The van der Waals surface area contributed by atoms with Crippen molar-refractivity contribution in [2.75, 3.05) is 26.8 Å². The second-order valence-electron chi connectivity index (χ2n) is 6.33. The van der Waals surface area contributed by atoms with Crippen molar-refractivity contribution in [1.29, 1.82) is 0 Å². The lowest BCUT2D eigenvalue weighted by Crippen LogP contribution is -2.51. The van der Waals surface area contributed by atoms with Gasteiger partial charge in [0.25, 0.3) is 0 Å². The Hall–Kier alpha value is -1.88. The van der Waals surface area contributed by atoms with Crippen LogP contribution >= 0.6 is 0 Å². The summed E-state index contributed by atoms with van der Waals surface area (Å²) in [6.07, 6.45) is 0.855. The van der Waals surface area contributed by atoms with E-state index in [1.54, 1.807) is 18.9 Å². The largest absolute Gasteiger partial charge is 0.383 e. The average molecular weight is 334 g/mol. The van der Waals surface area contributed by atoms with Gasteiger partial charge in [0.15, 0.2) is 0 Å². The fourth-order valence-corrected chi connectivity index (χ4v) is 2.50. The van der Waals surface area contributed by atoms with Gasteiger partial charge in [-0.2, -0.15) is 0 Å². The van der Waals surface area contributed by atoms with Crippen molar-refractivity contribution in [2.45, 2.75) is 39.7 Å². The van der Waals surface area contributed by atoms with Gasteiger partial charge >= 0.3 is 0 Å². The number of nitrogens with zero attached hydrogens (tertiary/aromatic N) is 1. The molecule has 1 atom stereocenters. The van der Waals surface area contributed by atoms with Crippen LogP contribution in [0.2, 0.25) is 0 Å². The molecule has 0 spiro atoms. The van der Waals surface area contributed by atoms with E-state index in [1.165, 1.54) is 0 Å². The Labute approximate surface area is 145 Å². The SMILES string of the molecule is CCC(=O)N[C@@H](Cc1ccccc1)C(=O)N(CCOC)CC(C)C. The molecule has 0 saturated carbocycles. The number of hydrogen-bond donors (Lipinski definition) is 1. The van der Waals surface area contributed by atoms with Gasteiger partial charge in [0.05, 0.1) is 6.61 Å². The predicted molar refractivity (Wildman–Crippen MR) is 95.7 cm³/mol. The second kappa shape index (κ2) is 10.8. The standard InChI is InChI=1S/C19H30N2O3/c1-5-18(22)20-17(13-16-9-7-6-8-10-16)19(23)21(11-12-24-4)14-15(2)3/h6-10,15,17H,5,11-14H2,1-4H3,(H,20,22)/t17-/m0/s1. The first-order valence-electron chi connectivity index (χ1n) is 8.58. The van der Waals surface area contributed by atoms with Gasteiger partial charge in [-0.3, -0.25) is 9.59 Å². The maximum absolute atomic E-state index is 13.0. The Balaban J connectivity index is 2.91. The number of carbonyl (C=O) groups excluding carboxylic acids is 2. The van der Waals surface area contributed by atoms with Crippen LogP contribution in [0.5, 0.6) is 0 Å². The summed E-state index contributed by atoms with van der Waals surface area (Å²) >= 11 is 0. The van der Waals surface area contributed by atoms with E-state index in [0.717, 1.165) is 5.56 Å². The maximum Gasteiger partial charge on any atom is 0.245 e. The molecule has 24 heavy (non-hydrogen) atoms. The lowest BCUT2D eigenvalue weighted by Gasteiger charge is -2.29. The van der Waals surface area contributed by atoms with Gasteiger partial charge in [0.2, 0.25) is 11.8 Å². The molecule has 0 aliphatic heterocycles. The van der Waals surface area contributed by atoms with Crippen LogP contribution in [0.3, 0.4) is 0 Å². The molecule has 1 aromatic rings. The molecule has 1 rings (SSSR count). The van der Waals surface area contributed by atoms with E-state index < -0.39 is 6.04 Å². The number of nitrogens with one attached hydrogen (secondary N) is 1. The topological polar surface area (TPSA) is 58.6 Å². The lowest BCUT2D eigenvalue weighted by molar-refractivity contribution is -0.137. The number of benzene rings is 1. The van der Waals surface area contributed by atoms with Crippen LogP contribution in [0.4, 0.5) is 0 Å². The number of rotatable bonds is 10. The van der Waals surface area contributed by atoms with Gasteiger partial charge in [-0.15, -0.1) is 0 Å². The van der Waals surface area contributed by atoms with Crippen LogP contribution in [0, 0.1) is 5.92 Å². The van der Waals surface area contributed by atoms with Gasteiger partial charge in [-0.1, -0.05) is 51.1 Å². The fourth-order valence-electron chi connectivity index (χ4n) is 2.50. The number of ether oxygens (including phenoxy) is 1. The Morgan fingerprint density at radius 3 is 2.42 bits per heavy atom. The number of carbonyl (C=O) groups is 2. The molecule has 134 valence electrons. The van der Waals surface area contributed by atoms with Crippen LogP contribution in [0.25, 0.3) is 0 Å². The Kier molecular flexibility index (Phi) is 9.08. The first-order valence-corrected chi connectivity index (χ1v) is 8.58. The Bertz CT molecular complexity index is 503. The zero-order valence-corrected chi connectivity index (χ0v) is 15.2. The van der Waals surface area contributed by atoms with Crippen molar-refractivity contribution >= 4 is 11.8 Å². The van der Waals surface area contributed by atoms with Gasteiger partial charge < -0.3 is 15.0 Å². The molecule has 5 nitrogen and oxygen atoms in total. The summed E-state index contributed by atoms with van der Waals surface area (Å²) in [5, 5.41) is 2.87. The summed E-state index contributed by atoms with van der Waals surface area (Å²) in [5.74, 6) is 0.192. The molecule has 1 N–H and O–H groups in total. The zero-order valence-electron chi connectivity index (χ0n) is 15.2. The summed E-state index contributed by atoms with van der Waals surface area (Å²) in [4.78, 5) is 26.7. The van der Waals surface area contributed by atoms with Crippen LogP contribution in [0.1, 0.15) is 32.8 Å². The van der Waals surface area contributed by atoms with Crippen molar-refractivity contribution in [3.63, 3.8) is 0 Å². The lowest BCUT2D eigenvalue weighted by atomic mass is 10.0. The van der Waals surface area contributed by atoms with Crippen LogP contribution in [-0.4, -0.2) is 49.6 Å². The fraction of sp³-hybridized carbons (Fsp3) is 0.579. The third-order valence-corrected chi connectivity index (χ3v) is 3.70. The first kappa shape index (κ1) is 20.2.